The van der Waals surface area contributed by atoms with E-state index < -0.39 is 0 Å². The quantitative estimate of drug-likeness (QED) is 0.123. The van der Waals surface area contributed by atoms with Crippen LogP contribution in [0.1, 0.15) is 0 Å². The van der Waals surface area contributed by atoms with Crippen molar-refractivity contribution in [3.8, 4) is 79.9 Å². The lowest BCUT2D eigenvalue weighted by Gasteiger charge is -2.26. The molecule has 0 atom stereocenters. The predicted octanol–water partition coefficient (Wildman–Crippen LogP) is 15.4. The van der Waals surface area contributed by atoms with Crippen molar-refractivity contribution in [3.63, 3.8) is 0 Å². The molecule has 4 nitrogen and oxygen atoms in total. The standard InChI is InChI=1S/C51H39NO3S3/c1-53-43-22-10-37(11-23-43)49-31-28-46(56-49)34-4-16-40(17-5-34)52(41-18-6-35(7-19-41)47-29-32-50(57-47)38-12-24-44(54-2)25-13-38)42-20-8-36(9-21-42)48-30-33-51(58-48)39-14-26-45(55-3)27-15-39/h4-33H,1-3H3. The number of ether oxygens (including phenoxy) is 3. The molecule has 0 unspecified atom stereocenters. The van der Waals surface area contributed by atoms with E-state index in [9.17, 15) is 0 Å². The summed E-state index contributed by atoms with van der Waals surface area (Å²) in [6, 6.07) is 64.7. The topological polar surface area (TPSA) is 30.9 Å². The molecule has 0 N–H and O–H groups in total. The van der Waals surface area contributed by atoms with Crippen LogP contribution in [0.15, 0.2) is 182 Å². The van der Waals surface area contributed by atoms with Crippen molar-refractivity contribution >= 4 is 51.1 Å². The fraction of sp³-hybridized carbons (Fsp3) is 0.0588. The first-order chi connectivity index (χ1) is 28.5. The molecule has 0 radical (unpaired) electrons. The molecule has 6 aromatic carbocycles. The highest BCUT2D eigenvalue weighted by Crippen LogP contribution is 2.42. The molecule has 3 aromatic heterocycles. The van der Waals surface area contributed by atoms with Gasteiger partial charge in [-0.1, -0.05) is 36.4 Å². The van der Waals surface area contributed by atoms with Gasteiger partial charge in [0.05, 0.1) is 21.3 Å². The van der Waals surface area contributed by atoms with Crippen LogP contribution in [0, 0.1) is 0 Å². The molecule has 9 aromatic rings. The first-order valence-electron chi connectivity index (χ1n) is 18.9. The number of rotatable bonds is 12. The summed E-state index contributed by atoms with van der Waals surface area (Å²) in [5.74, 6) is 2.59. The van der Waals surface area contributed by atoms with Crippen molar-refractivity contribution in [2.45, 2.75) is 0 Å². The third-order valence-corrected chi connectivity index (χ3v) is 13.7. The van der Waals surface area contributed by atoms with Crippen LogP contribution in [0.2, 0.25) is 0 Å². The summed E-state index contributed by atoms with van der Waals surface area (Å²) < 4.78 is 16.1. The summed E-state index contributed by atoms with van der Waals surface area (Å²) in [6.07, 6.45) is 0. The number of hydrogen-bond acceptors (Lipinski definition) is 7. The number of methoxy groups -OCH3 is 3. The molecule has 284 valence electrons. The monoisotopic (exact) mass is 809 g/mol. The van der Waals surface area contributed by atoms with Gasteiger partial charge in [-0.2, -0.15) is 0 Å². The number of thiophene rings is 3. The Labute approximate surface area is 351 Å². The van der Waals surface area contributed by atoms with Crippen molar-refractivity contribution in [1.29, 1.82) is 0 Å². The first-order valence-corrected chi connectivity index (χ1v) is 21.3. The maximum Gasteiger partial charge on any atom is 0.118 e. The van der Waals surface area contributed by atoms with Crippen molar-refractivity contribution in [2.75, 3.05) is 26.2 Å². The zero-order chi connectivity index (χ0) is 39.4. The summed E-state index contributed by atoms with van der Waals surface area (Å²) in [5, 5.41) is 0. The van der Waals surface area contributed by atoms with Crippen molar-refractivity contribution < 1.29 is 14.2 Å². The molecule has 0 bridgehead atoms. The van der Waals surface area contributed by atoms with Crippen LogP contribution in [0.25, 0.3) is 62.6 Å². The van der Waals surface area contributed by atoms with Gasteiger partial charge in [-0.3, -0.25) is 0 Å². The van der Waals surface area contributed by atoms with E-state index in [0.29, 0.717) is 0 Å². The van der Waals surface area contributed by atoms with Gasteiger partial charge < -0.3 is 19.1 Å². The van der Waals surface area contributed by atoms with Crippen molar-refractivity contribution in [1.82, 2.24) is 0 Å². The number of hydrogen-bond donors (Lipinski definition) is 0. The lowest BCUT2D eigenvalue weighted by Crippen LogP contribution is -2.09. The second-order valence-corrected chi connectivity index (χ2v) is 16.9. The molecular weight excluding hydrogens is 771 g/mol. The summed E-state index contributed by atoms with van der Waals surface area (Å²) in [5.41, 5.74) is 10.4. The van der Waals surface area contributed by atoms with Crippen LogP contribution >= 0.6 is 34.0 Å². The molecule has 0 aliphatic rings. The maximum absolute atomic E-state index is 5.36. The van der Waals surface area contributed by atoms with Crippen LogP contribution in [0.5, 0.6) is 17.2 Å². The Hall–Kier alpha value is -6.38. The molecule has 0 amide bonds. The summed E-state index contributed by atoms with van der Waals surface area (Å²) in [6.45, 7) is 0. The molecule has 0 saturated heterocycles. The van der Waals surface area contributed by atoms with E-state index in [1.54, 1.807) is 55.3 Å². The van der Waals surface area contributed by atoms with Gasteiger partial charge in [-0.25, -0.2) is 0 Å². The minimum absolute atomic E-state index is 0.862. The highest BCUT2D eigenvalue weighted by molar-refractivity contribution is 7.19. The highest BCUT2D eigenvalue weighted by Gasteiger charge is 2.16. The Morgan fingerprint density at radius 3 is 0.638 bits per heavy atom. The van der Waals surface area contributed by atoms with Crippen LogP contribution in [0.4, 0.5) is 17.1 Å². The minimum Gasteiger partial charge on any atom is -0.497 e. The third-order valence-electron chi connectivity index (χ3n) is 10.2. The van der Waals surface area contributed by atoms with E-state index in [4.69, 9.17) is 14.2 Å². The van der Waals surface area contributed by atoms with Crippen LogP contribution < -0.4 is 19.1 Å². The molecule has 0 aliphatic carbocycles. The Balaban J connectivity index is 1.01. The molecule has 58 heavy (non-hydrogen) atoms. The molecule has 0 spiro atoms. The molecule has 9 rings (SSSR count). The van der Waals surface area contributed by atoms with Gasteiger partial charge in [0.1, 0.15) is 17.2 Å². The van der Waals surface area contributed by atoms with Gasteiger partial charge in [0.2, 0.25) is 0 Å². The van der Waals surface area contributed by atoms with Crippen molar-refractivity contribution in [2.24, 2.45) is 0 Å². The number of benzene rings is 6. The van der Waals surface area contributed by atoms with Crippen molar-refractivity contribution in [3.05, 3.63) is 182 Å². The van der Waals surface area contributed by atoms with Gasteiger partial charge in [0.25, 0.3) is 0 Å². The Morgan fingerprint density at radius 1 is 0.259 bits per heavy atom. The Morgan fingerprint density at radius 2 is 0.448 bits per heavy atom. The van der Waals surface area contributed by atoms with Crippen LogP contribution in [0.3, 0.4) is 0 Å². The fourth-order valence-corrected chi connectivity index (χ4v) is 10.0. The smallest absolute Gasteiger partial charge is 0.118 e. The second kappa shape index (κ2) is 16.6. The third kappa shape index (κ3) is 7.80. The number of nitrogens with zero attached hydrogens (tertiary/aromatic N) is 1. The van der Waals surface area contributed by atoms with Gasteiger partial charge in [0, 0.05) is 46.3 Å². The average molecular weight is 810 g/mol. The van der Waals surface area contributed by atoms with E-state index >= 15 is 0 Å². The SMILES string of the molecule is COc1ccc(-c2ccc(-c3ccc(N(c4ccc(-c5ccc(-c6ccc(OC)cc6)s5)cc4)c4ccc(-c5ccc(-c6ccc(OC)cc6)s5)cc4)cc3)s2)cc1. The Bertz CT molecular complexity index is 2440. The number of anilines is 3. The minimum atomic E-state index is 0.862. The van der Waals surface area contributed by atoms with Gasteiger partial charge in [-0.15, -0.1) is 34.0 Å². The Kier molecular flexibility index (Phi) is 10.7. The lowest BCUT2D eigenvalue weighted by molar-refractivity contribution is 0.415. The summed E-state index contributed by atoms with van der Waals surface area (Å²) >= 11 is 5.40. The summed E-state index contributed by atoms with van der Waals surface area (Å²) in [4.78, 5) is 9.71. The van der Waals surface area contributed by atoms with Gasteiger partial charge >= 0.3 is 0 Å². The second-order valence-electron chi connectivity index (χ2n) is 13.7. The van der Waals surface area contributed by atoms with Crippen LogP contribution in [-0.2, 0) is 0 Å². The molecule has 7 heteroatoms. The molecule has 0 saturated carbocycles. The van der Waals surface area contributed by atoms with E-state index in [-0.39, 0.29) is 0 Å². The zero-order valence-corrected chi connectivity index (χ0v) is 34.7. The highest BCUT2D eigenvalue weighted by atomic mass is 32.1. The van der Waals surface area contributed by atoms with E-state index in [2.05, 4.69) is 150 Å². The van der Waals surface area contributed by atoms with Gasteiger partial charge in [0.15, 0.2) is 0 Å². The van der Waals surface area contributed by atoms with Gasteiger partial charge in [-0.05, 0) is 179 Å². The average Bonchev–Trinajstić information content (AvgIpc) is 4.10. The molecule has 3 heterocycles. The van der Waals surface area contributed by atoms with E-state index in [1.165, 1.54) is 62.6 Å². The largest absolute Gasteiger partial charge is 0.497 e. The van der Waals surface area contributed by atoms with E-state index in [1.807, 2.05) is 36.4 Å². The molecule has 0 fully saturated rings. The van der Waals surface area contributed by atoms with Crippen LogP contribution in [-0.4, -0.2) is 21.3 Å². The lowest BCUT2D eigenvalue weighted by atomic mass is 10.1. The zero-order valence-electron chi connectivity index (χ0n) is 32.2. The summed E-state index contributed by atoms with van der Waals surface area (Å²) in [7, 11) is 5.09. The first kappa shape index (κ1) is 37.2. The van der Waals surface area contributed by atoms with E-state index in [0.717, 1.165) is 34.3 Å². The fourth-order valence-electron chi connectivity index (χ4n) is 6.98. The molecular formula is C51H39NO3S3. The molecule has 0 aliphatic heterocycles. The maximum atomic E-state index is 5.36. The predicted molar refractivity (Wildman–Crippen MR) is 247 cm³/mol. The normalized spacial score (nSPS) is 11.0.